The quantitative estimate of drug-likeness (QED) is 0.438. The summed E-state index contributed by atoms with van der Waals surface area (Å²) in [6.07, 6.45) is -0.0551. The fraction of sp³-hybridized carbons (Fsp3) is 1.00. The molecule has 0 radical (unpaired) electrons. The molecule has 0 heterocycles. The van der Waals surface area contributed by atoms with E-state index in [1.165, 1.54) is 0 Å². The molecule has 0 bridgehead atoms. The Kier molecular flexibility index (Phi) is 8.35. The molecule has 0 aliphatic carbocycles. The van der Waals surface area contributed by atoms with Gasteiger partial charge in [-0.25, -0.2) is 0 Å². The molecule has 0 fully saturated rings. The van der Waals surface area contributed by atoms with Gasteiger partial charge in [0.25, 0.3) is 0 Å². The Balaban J connectivity index is 3.67. The van der Waals surface area contributed by atoms with Gasteiger partial charge in [0.2, 0.25) is 0 Å². The van der Waals surface area contributed by atoms with Crippen LogP contribution in [0.2, 0.25) is 6.55 Å². The third-order valence-electron chi connectivity index (χ3n) is 1.68. The van der Waals surface area contributed by atoms with Crippen molar-refractivity contribution < 1.29 is 23.4 Å². The highest BCUT2D eigenvalue weighted by molar-refractivity contribution is 6.65. The Morgan fingerprint density at radius 3 is 1.64 bits per heavy atom. The predicted molar refractivity (Wildman–Crippen MR) is 54.4 cm³/mol. The maximum atomic E-state index is 9.11. The summed E-state index contributed by atoms with van der Waals surface area (Å²) in [6.45, 7) is 3.74. The number of methoxy groups -OCH3 is 2. The Morgan fingerprint density at radius 1 is 0.929 bits per heavy atom. The van der Waals surface area contributed by atoms with Crippen molar-refractivity contribution in [2.45, 2.75) is 6.55 Å². The topological polar surface area (TPSA) is 57.2 Å². The summed E-state index contributed by atoms with van der Waals surface area (Å²) >= 11 is 0. The van der Waals surface area contributed by atoms with Crippen LogP contribution in [0.5, 0.6) is 0 Å². The van der Waals surface area contributed by atoms with Crippen LogP contribution in [-0.2, 0) is 18.3 Å². The van der Waals surface area contributed by atoms with E-state index >= 15 is 0 Å². The second kappa shape index (κ2) is 8.34. The fourth-order valence-corrected chi connectivity index (χ4v) is 2.11. The fourth-order valence-electron chi connectivity index (χ4n) is 0.815. The summed E-state index contributed by atoms with van der Waals surface area (Å²) in [4.78, 5) is 0. The van der Waals surface area contributed by atoms with Crippen LogP contribution in [0.15, 0.2) is 0 Å². The monoisotopic (exact) mass is 224 g/mol. The van der Waals surface area contributed by atoms with E-state index in [9.17, 15) is 0 Å². The zero-order valence-corrected chi connectivity index (χ0v) is 10.1. The summed E-state index contributed by atoms with van der Waals surface area (Å²) in [7, 11) is 0.806. The molecule has 6 heteroatoms. The van der Waals surface area contributed by atoms with Crippen LogP contribution in [0, 0.1) is 0 Å². The van der Waals surface area contributed by atoms with E-state index in [-0.39, 0.29) is 6.23 Å². The smallest absolute Gasteiger partial charge is 0.361 e. The molecule has 0 saturated carbocycles. The summed E-state index contributed by atoms with van der Waals surface area (Å²) in [6, 6.07) is 0. The molecule has 0 aliphatic heterocycles. The first-order valence-corrected chi connectivity index (χ1v) is 7.07. The maximum absolute atomic E-state index is 9.11. The maximum Gasteiger partial charge on any atom is 0.361 e. The van der Waals surface area contributed by atoms with Crippen LogP contribution in [0.25, 0.3) is 0 Å². The van der Waals surface area contributed by atoms with Gasteiger partial charge in [-0.2, -0.15) is 0 Å². The molecule has 86 valence electrons. The van der Waals surface area contributed by atoms with Crippen molar-refractivity contribution in [3.8, 4) is 0 Å². The standard InChI is InChI=1S/C8H20O5Si/c1-10-4-6-12-14(3,8-9)13-7-5-11-2/h9H,4-8H2,1-3H3. The van der Waals surface area contributed by atoms with Gasteiger partial charge in [0.05, 0.1) is 32.7 Å². The Labute approximate surface area is 86.2 Å². The number of hydrogen-bond acceptors (Lipinski definition) is 5. The molecule has 0 aromatic rings. The molecule has 0 amide bonds. The molecule has 0 aromatic heterocycles. The number of rotatable bonds is 9. The third kappa shape index (κ3) is 6.47. The molecule has 14 heavy (non-hydrogen) atoms. The molecular weight excluding hydrogens is 204 g/mol. The van der Waals surface area contributed by atoms with Crippen molar-refractivity contribution in [3.63, 3.8) is 0 Å². The van der Waals surface area contributed by atoms with Crippen molar-refractivity contribution in [2.24, 2.45) is 0 Å². The van der Waals surface area contributed by atoms with E-state index in [1.807, 2.05) is 6.55 Å². The van der Waals surface area contributed by atoms with Gasteiger partial charge in [-0.3, -0.25) is 0 Å². The van der Waals surface area contributed by atoms with Crippen LogP contribution in [0.3, 0.4) is 0 Å². The molecular formula is C8H20O5Si. The van der Waals surface area contributed by atoms with Crippen LogP contribution < -0.4 is 0 Å². The molecule has 0 unspecified atom stereocenters. The average Bonchev–Trinajstić information content (AvgIpc) is 2.19. The van der Waals surface area contributed by atoms with Gasteiger partial charge < -0.3 is 23.4 Å². The highest BCUT2D eigenvalue weighted by Gasteiger charge is 2.30. The minimum absolute atomic E-state index is 0.0551. The van der Waals surface area contributed by atoms with E-state index in [0.717, 1.165) is 0 Å². The number of hydrogen-bond donors (Lipinski definition) is 1. The first-order valence-electron chi connectivity index (χ1n) is 4.55. The van der Waals surface area contributed by atoms with Gasteiger partial charge in [0.15, 0.2) is 0 Å². The van der Waals surface area contributed by atoms with Crippen LogP contribution in [0.1, 0.15) is 0 Å². The average molecular weight is 224 g/mol. The zero-order valence-electron chi connectivity index (χ0n) is 9.12. The largest absolute Gasteiger partial charge is 0.394 e. The van der Waals surface area contributed by atoms with Gasteiger partial charge in [-0.15, -0.1) is 0 Å². The summed E-state index contributed by atoms with van der Waals surface area (Å²) < 4.78 is 20.6. The minimum atomic E-state index is -2.40. The first kappa shape index (κ1) is 14.0. The number of ether oxygens (including phenoxy) is 2. The second-order valence-corrected chi connectivity index (χ2v) is 6.14. The first-order chi connectivity index (χ1) is 6.68. The highest BCUT2D eigenvalue weighted by Crippen LogP contribution is 2.05. The van der Waals surface area contributed by atoms with Gasteiger partial charge >= 0.3 is 8.56 Å². The molecule has 0 atom stereocenters. The third-order valence-corrected chi connectivity index (χ3v) is 3.88. The summed E-state index contributed by atoms with van der Waals surface area (Å²) in [5, 5.41) is 9.11. The molecule has 0 rings (SSSR count). The van der Waals surface area contributed by atoms with Crippen molar-refractivity contribution in [1.29, 1.82) is 0 Å². The van der Waals surface area contributed by atoms with Crippen LogP contribution in [-0.4, -0.2) is 60.5 Å². The van der Waals surface area contributed by atoms with Crippen LogP contribution in [0.4, 0.5) is 0 Å². The second-order valence-electron chi connectivity index (χ2n) is 2.97. The number of aliphatic hydroxyl groups excluding tert-OH is 1. The predicted octanol–water partition coefficient (Wildman–Crippen LogP) is -0.0841. The van der Waals surface area contributed by atoms with Crippen molar-refractivity contribution in [3.05, 3.63) is 0 Å². The molecule has 0 spiro atoms. The van der Waals surface area contributed by atoms with Gasteiger partial charge in [-0.05, 0) is 6.55 Å². The Bertz CT molecular complexity index is 123. The molecule has 0 aromatic carbocycles. The van der Waals surface area contributed by atoms with E-state index < -0.39 is 8.56 Å². The zero-order chi connectivity index (χ0) is 10.9. The van der Waals surface area contributed by atoms with E-state index in [2.05, 4.69) is 0 Å². The molecule has 0 aliphatic rings. The Hall–Kier alpha value is 0.0169. The lowest BCUT2D eigenvalue weighted by Gasteiger charge is -2.24. The lowest BCUT2D eigenvalue weighted by molar-refractivity contribution is 0.0785. The molecule has 1 N–H and O–H groups in total. The lowest BCUT2D eigenvalue weighted by Crippen LogP contribution is -2.44. The molecule has 0 saturated heterocycles. The minimum Gasteiger partial charge on any atom is -0.394 e. The van der Waals surface area contributed by atoms with Gasteiger partial charge in [-0.1, -0.05) is 0 Å². The molecule has 5 nitrogen and oxygen atoms in total. The van der Waals surface area contributed by atoms with E-state index in [1.54, 1.807) is 14.2 Å². The summed E-state index contributed by atoms with van der Waals surface area (Å²) in [5.74, 6) is 0. The summed E-state index contributed by atoms with van der Waals surface area (Å²) in [5.41, 5.74) is 0. The van der Waals surface area contributed by atoms with Gasteiger partial charge in [0.1, 0.15) is 0 Å². The van der Waals surface area contributed by atoms with Crippen molar-refractivity contribution in [2.75, 3.05) is 46.9 Å². The normalized spacial score (nSPS) is 12.0. The van der Waals surface area contributed by atoms with Gasteiger partial charge in [0, 0.05) is 14.2 Å². The van der Waals surface area contributed by atoms with Crippen LogP contribution >= 0.6 is 0 Å². The van der Waals surface area contributed by atoms with E-state index in [4.69, 9.17) is 23.4 Å². The van der Waals surface area contributed by atoms with E-state index in [0.29, 0.717) is 26.4 Å². The highest BCUT2D eigenvalue weighted by atomic mass is 28.4. The SMILES string of the molecule is COCCO[Si](C)(CO)OCCOC. The van der Waals surface area contributed by atoms with Crippen molar-refractivity contribution >= 4 is 8.56 Å². The van der Waals surface area contributed by atoms with Crippen molar-refractivity contribution in [1.82, 2.24) is 0 Å². The Morgan fingerprint density at radius 2 is 1.36 bits per heavy atom. The number of aliphatic hydroxyl groups is 1. The lowest BCUT2D eigenvalue weighted by atomic mass is 10.8.